The van der Waals surface area contributed by atoms with Crippen LogP contribution in [0.3, 0.4) is 0 Å². The van der Waals surface area contributed by atoms with Crippen molar-refractivity contribution in [2.24, 2.45) is 5.92 Å². The highest BCUT2D eigenvalue weighted by molar-refractivity contribution is 5.76. The molecule has 0 spiro atoms. The first-order chi connectivity index (χ1) is 10.5. The van der Waals surface area contributed by atoms with Gasteiger partial charge in [0.1, 0.15) is 11.6 Å². The molecule has 2 aromatic rings. The van der Waals surface area contributed by atoms with Gasteiger partial charge >= 0.3 is 0 Å². The SMILES string of the molecule is CC(C)CC(CC(=O)NCc1ccco1)c1ccc(F)cc1. The van der Waals surface area contributed by atoms with Crippen LogP contribution in [0.2, 0.25) is 0 Å². The molecule has 1 aromatic carbocycles. The molecule has 1 N–H and O–H groups in total. The number of carbonyl (C=O) groups excluding carboxylic acids is 1. The van der Waals surface area contributed by atoms with Gasteiger partial charge in [0, 0.05) is 6.42 Å². The molecule has 1 aromatic heterocycles. The smallest absolute Gasteiger partial charge is 0.220 e. The van der Waals surface area contributed by atoms with Crippen LogP contribution in [0.1, 0.15) is 43.9 Å². The maximum atomic E-state index is 13.1. The molecule has 2 rings (SSSR count). The molecule has 0 saturated carbocycles. The lowest BCUT2D eigenvalue weighted by Gasteiger charge is -2.19. The minimum atomic E-state index is -0.255. The Labute approximate surface area is 130 Å². The molecule has 1 unspecified atom stereocenters. The van der Waals surface area contributed by atoms with Crippen LogP contribution in [-0.2, 0) is 11.3 Å². The molecule has 0 bridgehead atoms. The van der Waals surface area contributed by atoms with Gasteiger partial charge in [-0.3, -0.25) is 4.79 Å². The van der Waals surface area contributed by atoms with Gasteiger partial charge in [-0.15, -0.1) is 0 Å². The summed E-state index contributed by atoms with van der Waals surface area (Å²) in [6, 6.07) is 10.0. The molecular weight excluding hydrogens is 281 g/mol. The minimum Gasteiger partial charge on any atom is -0.467 e. The predicted molar refractivity (Wildman–Crippen MR) is 83.8 cm³/mol. The van der Waals surface area contributed by atoms with E-state index in [-0.39, 0.29) is 17.6 Å². The van der Waals surface area contributed by atoms with Gasteiger partial charge in [-0.25, -0.2) is 4.39 Å². The van der Waals surface area contributed by atoms with Gasteiger partial charge in [-0.2, -0.15) is 0 Å². The van der Waals surface area contributed by atoms with E-state index in [1.807, 2.05) is 6.07 Å². The number of carbonyl (C=O) groups is 1. The lowest BCUT2D eigenvalue weighted by Crippen LogP contribution is -2.24. The summed E-state index contributed by atoms with van der Waals surface area (Å²) in [5, 5.41) is 2.86. The van der Waals surface area contributed by atoms with Gasteiger partial charge < -0.3 is 9.73 Å². The fourth-order valence-corrected chi connectivity index (χ4v) is 2.54. The summed E-state index contributed by atoms with van der Waals surface area (Å²) in [6.45, 7) is 4.64. The molecular formula is C18H22FNO2. The fourth-order valence-electron chi connectivity index (χ4n) is 2.54. The van der Waals surface area contributed by atoms with Crippen molar-refractivity contribution in [3.63, 3.8) is 0 Å². The Morgan fingerprint density at radius 3 is 2.55 bits per heavy atom. The third-order valence-corrected chi connectivity index (χ3v) is 3.57. The third kappa shape index (κ3) is 5.02. The van der Waals surface area contributed by atoms with Crippen molar-refractivity contribution >= 4 is 5.91 Å². The van der Waals surface area contributed by atoms with Crippen LogP contribution >= 0.6 is 0 Å². The summed E-state index contributed by atoms with van der Waals surface area (Å²) in [6.07, 6.45) is 2.87. The minimum absolute atomic E-state index is 0.0219. The Morgan fingerprint density at radius 2 is 1.95 bits per heavy atom. The Hall–Kier alpha value is -2.10. The molecule has 0 radical (unpaired) electrons. The van der Waals surface area contributed by atoms with E-state index in [4.69, 9.17) is 4.42 Å². The van der Waals surface area contributed by atoms with Crippen molar-refractivity contribution in [2.75, 3.05) is 0 Å². The number of amides is 1. The van der Waals surface area contributed by atoms with Crippen molar-refractivity contribution in [1.82, 2.24) is 5.32 Å². The largest absolute Gasteiger partial charge is 0.467 e. The summed E-state index contributed by atoms with van der Waals surface area (Å²) in [7, 11) is 0. The summed E-state index contributed by atoms with van der Waals surface area (Å²) in [5.41, 5.74) is 1.00. The average Bonchev–Trinajstić information content (AvgIpc) is 2.98. The molecule has 0 saturated heterocycles. The summed E-state index contributed by atoms with van der Waals surface area (Å²) in [4.78, 5) is 12.1. The topological polar surface area (TPSA) is 42.2 Å². The monoisotopic (exact) mass is 303 g/mol. The number of halogens is 1. The summed E-state index contributed by atoms with van der Waals surface area (Å²) >= 11 is 0. The molecule has 4 heteroatoms. The van der Waals surface area contributed by atoms with Crippen LogP contribution in [0.4, 0.5) is 4.39 Å². The van der Waals surface area contributed by atoms with E-state index >= 15 is 0 Å². The lowest BCUT2D eigenvalue weighted by atomic mass is 9.87. The van der Waals surface area contributed by atoms with Crippen LogP contribution in [-0.4, -0.2) is 5.91 Å². The van der Waals surface area contributed by atoms with E-state index in [9.17, 15) is 9.18 Å². The van der Waals surface area contributed by atoms with Crippen LogP contribution in [0.5, 0.6) is 0 Å². The van der Waals surface area contributed by atoms with Crippen LogP contribution in [0.25, 0.3) is 0 Å². The van der Waals surface area contributed by atoms with Gasteiger partial charge in [0.05, 0.1) is 12.8 Å². The van der Waals surface area contributed by atoms with Gasteiger partial charge in [0.15, 0.2) is 0 Å². The predicted octanol–water partition coefficient (Wildman–Crippen LogP) is 4.25. The first-order valence-corrected chi connectivity index (χ1v) is 7.59. The highest BCUT2D eigenvalue weighted by Gasteiger charge is 2.17. The third-order valence-electron chi connectivity index (χ3n) is 3.57. The number of nitrogens with one attached hydrogen (secondary N) is 1. The van der Waals surface area contributed by atoms with Gasteiger partial charge in [0.2, 0.25) is 5.91 Å². The van der Waals surface area contributed by atoms with Crippen molar-refractivity contribution in [3.8, 4) is 0 Å². The molecule has 1 heterocycles. The Bertz CT molecular complexity index is 576. The number of benzene rings is 1. The Kier molecular flexibility index (Phi) is 5.75. The van der Waals surface area contributed by atoms with E-state index in [1.165, 1.54) is 12.1 Å². The lowest BCUT2D eigenvalue weighted by molar-refractivity contribution is -0.121. The number of hydrogen-bond acceptors (Lipinski definition) is 2. The summed E-state index contributed by atoms with van der Waals surface area (Å²) in [5.74, 6) is 1.02. The van der Waals surface area contributed by atoms with Crippen LogP contribution < -0.4 is 5.32 Å². The van der Waals surface area contributed by atoms with E-state index < -0.39 is 0 Å². The first kappa shape index (κ1) is 16.3. The molecule has 3 nitrogen and oxygen atoms in total. The summed E-state index contributed by atoms with van der Waals surface area (Å²) < 4.78 is 18.3. The molecule has 1 atom stereocenters. The van der Waals surface area contributed by atoms with Gasteiger partial charge in [0.25, 0.3) is 0 Å². The number of hydrogen-bond donors (Lipinski definition) is 1. The second kappa shape index (κ2) is 7.78. The van der Waals surface area contributed by atoms with Gasteiger partial charge in [-0.1, -0.05) is 26.0 Å². The van der Waals surface area contributed by atoms with E-state index in [0.717, 1.165) is 17.7 Å². The zero-order valence-electron chi connectivity index (χ0n) is 13.0. The van der Waals surface area contributed by atoms with Crippen molar-refractivity contribution < 1.29 is 13.6 Å². The highest BCUT2D eigenvalue weighted by atomic mass is 19.1. The van der Waals surface area contributed by atoms with Crippen molar-refractivity contribution in [1.29, 1.82) is 0 Å². The van der Waals surface area contributed by atoms with E-state index in [0.29, 0.717) is 18.9 Å². The van der Waals surface area contributed by atoms with Crippen LogP contribution in [0.15, 0.2) is 47.1 Å². The quantitative estimate of drug-likeness (QED) is 0.830. The maximum absolute atomic E-state index is 13.1. The van der Waals surface area contributed by atoms with E-state index in [1.54, 1.807) is 24.5 Å². The second-order valence-corrected chi connectivity index (χ2v) is 5.94. The van der Waals surface area contributed by atoms with Crippen molar-refractivity contribution in [3.05, 3.63) is 59.8 Å². The standard InChI is InChI=1S/C18H22FNO2/c1-13(2)10-15(14-5-7-16(19)8-6-14)11-18(21)20-12-17-4-3-9-22-17/h3-9,13,15H,10-12H2,1-2H3,(H,20,21). The fraction of sp³-hybridized carbons (Fsp3) is 0.389. The maximum Gasteiger partial charge on any atom is 0.220 e. The normalized spacial score (nSPS) is 12.4. The zero-order chi connectivity index (χ0) is 15.9. The van der Waals surface area contributed by atoms with Crippen LogP contribution in [0, 0.1) is 11.7 Å². The molecule has 0 aliphatic heterocycles. The second-order valence-electron chi connectivity index (χ2n) is 5.94. The Morgan fingerprint density at radius 1 is 1.23 bits per heavy atom. The Balaban J connectivity index is 1.96. The highest BCUT2D eigenvalue weighted by Crippen LogP contribution is 2.27. The first-order valence-electron chi connectivity index (χ1n) is 7.59. The zero-order valence-corrected chi connectivity index (χ0v) is 13.0. The molecule has 0 fully saturated rings. The molecule has 118 valence electrons. The number of rotatable bonds is 7. The molecule has 22 heavy (non-hydrogen) atoms. The molecule has 0 aliphatic rings. The number of furan rings is 1. The van der Waals surface area contributed by atoms with E-state index in [2.05, 4.69) is 19.2 Å². The van der Waals surface area contributed by atoms with Gasteiger partial charge in [-0.05, 0) is 48.1 Å². The van der Waals surface area contributed by atoms with Crippen molar-refractivity contribution in [2.45, 2.75) is 39.2 Å². The molecule has 1 amide bonds. The molecule has 0 aliphatic carbocycles. The average molecular weight is 303 g/mol.